The van der Waals surface area contributed by atoms with E-state index in [0.717, 1.165) is 11.3 Å². The molecule has 0 aromatic carbocycles. The highest BCUT2D eigenvalue weighted by Gasteiger charge is 2.21. The van der Waals surface area contributed by atoms with Crippen LogP contribution < -0.4 is 11.1 Å². The van der Waals surface area contributed by atoms with Crippen LogP contribution in [0.2, 0.25) is 0 Å². The number of thiazole rings is 1. The van der Waals surface area contributed by atoms with E-state index in [0.29, 0.717) is 0 Å². The highest BCUT2D eigenvalue weighted by molar-refractivity contribution is 7.14. The first-order valence-corrected chi connectivity index (χ1v) is 5.08. The number of carbonyl (C=O) groups excluding carboxylic acids is 2. The quantitative estimate of drug-likeness (QED) is 0.637. The lowest BCUT2D eigenvalue weighted by atomic mass is 10.2. The maximum Gasteiger partial charge on any atom is 0.315 e. The fraction of sp³-hybridized carbons (Fsp3) is 0.250. The van der Waals surface area contributed by atoms with Crippen LogP contribution >= 0.6 is 11.3 Å². The van der Waals surface area contributed by atoms with Crippen molar-refractivity contribution in [3.63, 3.8) is 0 Å². The minimum absolute atomic E-state index is 0.0308. The molecule has 0 spiro atoms. The normalized spacial score (nSPS) is 11.8. The Morgan fingerprint density at radius 2 is 2.19 bits per heavy atom. The zero-order valence-corrected chi connectivity index (χ0v) is 9.08. The first kappa shape index (κ1) is 12.1. The summed E-state index contributed by atoms with van der Waals surface area (Å²) in [5.41, 5.74) is 5.00. The van der Waals surface area contributed by atoms with E-state index in [9.17, 15) is 14.4 Å². The van der Waals surface area contributed by atoms with Crippen molar-refractivity contribution in [3.05, 3.63) is 11.1 Å². The molecule has 1 rings (SSSR count). The molecule has 1 aromatic heterocycles. The Hall–Kier alpha value is -1.96. The fourth-order valence-corrected chi connectivity index (χ4v) is 1.47. The summed E-state index contributed by atoms with van der Waals surface area (Å²) >= 11 is 0.999. The zero-order valence-electron chi connectivity index (χ0n) is 8.26. The Morgan fingerprint density at radius 1 is 1.56 bits per heavy atom. The second kappa shape index (κ2) is 4.71. The van der Waals surface area contributed by atoms with Gasteiger partial charge in [0.2, 0.25) is 5.91 Å². The van der Waals surface area contributed by atoms with Gasteiger partial charge >= 0.3 is 5.97 Å². The summed E-state index contributed by atoms with van der Waals surface area (Å²) in [4.78, 5) is 36.2. The first-order valence-electron chi connectivity index (χ1n) is 4.21. The van der Waals surface area contributed by atoms with Crippen LogP contribution in [0.1, 0.15) is 17.4 Å². The molecule has 1 aromatic rings. The Balaban J connectivity index is 2.70. The van der Waals surface area contributed by atoms with Gasteiger partial charge in [-0.15, -0.1) is 11.3 Å². The van der Waals surface area contributed by atoms with Crippen LogP contribution in [0.4, 0.5) is 5.13 Å². The molecule has 0 fully saturated rings. The maximum atomic E-state index is 11.3. The molecule has 0 aliphatic rings. The van der Waals surface area contributed by atoms with Crippen LogP contribution in [-0.2, 0) is 9.59 Å². The molecule has 4 N–H and O–H groups in total. The average molecular weight is 243 g/mol. The molecule has 0 saturated heterocycles. The lowest BCUT2D eigenvalue weighted by Gasteiger charge is -2.04. The van der Waals surface area contributed by atoms with E-state index in [1.807, 2.05) is 0 Å². The highest BCUT2D eigenvalue weighted by Crippen LogP contribution is 2.15. The van der Waals surface area contributed by atoms with Crippen LogP contribution in [0.15, 0.2) is 5.38 Å². The number of anilines is 1. The van der Waals surface area contributed by atoms with Crippen molar-refractivity contribution < 1.29 is 19.5 Å². The first-order chi connectivity index (χ1) is 7.41. The minimum atomic E-state index is -1.23. The molecule has 16 heavy (non-hydrogen) atoms. The average Bonchev–Trinajstić information content (AvgIpc) is 2.64. The molecule has 86 valence electrons. The van der Waals surface area contributed by atoms with Gasteiger partial charge in [-0.3, -0.25) is 14.4 Å². The molecule has 0 aliphatic carbocycles. The number of aromatic nitrogens is 1. The molecular formula is C8H9N3O4S. The lowest BCUT2D eigenvalue weighted by molar-refractivity contribution is -0.144. The Morgan fingerprint density at radius 3 is 2.62 bits per heavy atom. The van der Waals surface area contributed by atoms with Crippen molar-refractivity contribution >= 4 is 34.3 Å². The lowest BCUT2D eigenvalue weighted by Crippen LogP contribution is -2.26. The molecule has 1 heterocycles. The number of rotatable bonds is 4. The van der Waals surface area contributed by atoms with Gasteiger partial charge in [-0.25, -0.2) is 4.98 Å². The van der Waals surface area contributed by atoms with Gasteiger partial charge in [0, 0.05) is 5.38 Å². The van der Waals surface area contributed by atoms with Crippen LogP contribution in [0.25, 0.3) is 0 Å². The van der Waals surface area contributed by atoms with Crippen molar-refractivity contribution in [2.45, 2.75) is 6.92 Å². The van der Waals surface area contributed by atoms with Gasteiger partial charge < -0.3 is 16.2 Å². The molecule has 2 amide bonds. The van der Waals surface area contributed by atoms with Gasteiger partial charge in [-0.05, 0) is 6.92 Å². The molecule has 1 unspecified atom stereocenters. The molecule has 0 bridgehead atoms. The molecule has 0 aliphatic heterocycles. The SMILES string of the molecule is CC(C(=O)O)C(=O)Nc1nc(C(N)=O)cs1. The summed E-state index contributed by atoms with van der Waals surface area (Å²) in [5, 5.41) is 12.4. The van der Waals surface area contributed by atoms with Crippen molar-refractivity contribution in [2.24, 2.45) is 11.7 Å². The Bertz CT molecular complexity index is 442. The largest absolute Gasteiger partial charge is 0.481 e. The van der Waals surface area contributed by atoms with Crippen LogP contribution in [0, 0.1) is 5.92 Å². The van der Waals surface area contributed by atoms with Gasteiger partial charge in [0.05, 0.1) is 0 Å². The van der Waals surface area contributed by atoms with Crippen molar-refractivity contribution in [1.82, 2.24) is 4.98 Å². The van der Waals surface area contributed by atoms with E-state index in [-0.39, 0.29) is 10.8 Å². The predicted molar refractivity (Wildman–Crippen MR) is 56.1 cm³/mol. The second-order valence-electron chi connectivity index (χ2n) is 2.95. The maximum absolute atomic E-state index is 11.3. The molecule has 0 saturated carbocycles. The van der Waals surface area contributed by atoms with Crippen LogP contribution in [0.3, 0.4) is 0 Å². The number of hydrogen-bond donors (Lipinski definition) is 3. The Labute approximate surface area is 94.3 Å². The second-order valence-corrected chi connectivity index (χ2v) is 3.81. The van der Waals surface area contributed by atoms with E-state index >= 15 is 0 Å². The van der Waals surface area contributed by atoms with Gasteiger partial charge in [0.15, 0.2) is 5.13 Å². The molecule has 1 atom stereocenters. The fourth-order valence-electron chi connectivity index (χ4n) is 0.770. The van der Waals surface area contributed by atoms with E-state index in [1.54, 1.807) is 0 Å². The number of amides is 2. The number of primary amides is 1. The Kier molecular flexibility index (Phi) is 3.56. The van der Waals surface area contributed by atoms with Crippen molar-refractivity contribution in [2.75, 3.05) is 5.32 Å². The molecular weight excluding hydrogens is 234 g/mol. The van der Waals surface area contributed by atoms with E-state index in [4.69, 9.17) is 10.8 Å². The standard InChI is InChI=1S/C8H9N3O4S/c1-3(7(14)15)6(13)11-8-10-4(2-16-8)5(9)12/h2-3H,1H3,(H2,9,12)(H,14,15)(H,10,11,13). The number of hydrogen-bond acceptors (Lipinski definition) is 5. The predicted octanol–water partition coefficient (Wildman–Crippen LogP) is -0.0988. The summed E-state index contributed by atoms with van der Waals surface area (Å²) in [6.45, 7) is 1.25. The number of nitrogens with one attached hydrogen (secondary N) is 1. The number of nitrogens with zero attached hydrogens (tertiary/aromatic N) is 1. The minimum Gasteiger partial charge on any atom is -0.481 e. The van der Waals surface area contributed by atoms with E-state index in [1.165, 1.54) is 12.3 Å². The van der Waals surface area contributed by atoms with E-state index < -0.39 is 23.7 Å². The van der Waals surface area contributed by atoms with Crippen LogP contribution in [-0.4, -0.2) is 27.9 Å². The number of carboxylic acid groups (broad SMARTS) is 1. The zero-order chi connectivity index (χ0) is 12.3. The molecule has 7 nitrogen and oxygen atoms in total. The third-order valence-corrected chi connectivity index (χ3v) is 2.51. The van der Waals surface area contributed by atoms with Crippen molar-refractivity contribution in [1.29, 1.82) is 0 Å². The summed E-state index contributed by atoms with van der Waals surface area (Å²) in [6.07, 6.45) is 0. The monoisotopic (exact) mass is 243 g/mol. The van der Waals surface area contributed by atoms with Gasteiger partial charge in [0.1, 0.15) is 11.6 Å². The summed E-state index contributed by atoms with van der Waals surface area (Å²) < 4.78 is 0. The van der Waals surface area contributed by atoms with E-state index in [2.05, 4.69) is 10.3 Å². The smallest absolute Gasteiger partial charge is 0.315 e. The number of nitrogens with two attached hydrogens (primary N) is 1. The number of carbonyl (C=O) groups is 3. The van der Waals surface area contributed by atoms with Crippen molar-refractivity contribution in [3.8, 4) is 0 Å². The van der Waals surface area contributed by atoms with Gasteiger partial charge in [0.25, 0.3) is 5.91 Å². The van der Waals surface area contributed by atoms with Gasteiger partial charge in [-0.1, -0.05) is 0 Å². The summed E-state index contributed by atoms with van der Waals surface area (Å²) in [5.74, 6) is -3.81. The van der Waals surface area contributed by atoms with Gasteiger partial charge in [-0.2, -0.15) is 0 Å². The topological polar surface area (TPSA) is 122 Å². The highest BCUT2D eigenvalue weighted by atomic mass is 32.1. The third-order valence-electron chi connectivity index (χ3n) is 1.75. The third kappa shape index (κ3) is 2.76. The summed E-state index contributed by atoms with van der Waals surface area (Å²) in [6, 6.07) is 0. The number of aliphatic carboxylic acids is 1. The van der Waals surface area contributed by atoms with Crippen LogP contribution in [0.5, 0.6) is 0 Å². The summed E-state index contributed by atoms with van der Waals surface area (Å²) in [7, 11) is 0. The number of carboxylic acids is 1. The molecule has 0 radical (unpaired) electrons. The molecule has 8 heteroatoms.